The minimum atomic E-state index is -1.10. The van der Waals surface area contributed by atoms with Crippen LogP contribution in [0.3, 0.4) is 0 Å². The molecule has 0 radical (unpaired) electrons. The number of hydrogen-bond donors (Lipinski definition) is 1. The standard InChI is InChI=1S/C11H9Br2NO4/c1-5(15)14(6(2)16)10-8(12)3-7(11(17)18)4-9(10)13/h3-4H,1-2H3,(H,17,18). The molecule has 0 fully saturated rings. The number of hydrogen-bond acceptors (Lipinski definition) is 3. The summed E-state index contributed by atoms with van der Waals surface area (Å²) in [5, 5.41) is 8.89. The van der Waals surface area contributed by atoms with Crippen LogP contribution in [0.15, 0.2) is 21.1 Å². The van der Waals surface area contributed by atoms with E-state index in [1.165, 1.54) is 26.0 Å². The predicted octanol–water partition coefficient (Wildman–Crippen LogP) is 2.81. The normalized spacial score (nSPS) is 10.0. The number of carboxylic acid groups (broad SMARTS) is 1. The molecule has 0 saturated heterocycles. The van der Waals surface area contributed by atoms with E-state index >= 15 is 0 Å². The molecule has 0 saturated carbocycles. The van der Waals surface area contributed by atoms with Crippen LogP contribution in [0.25, 0.3) is 0 Å². The Balaban J connectivity index is 3.46. The summed E-state index contributed by atoms with van der Waals surface area (Å²) in [6.45, 7) is 2.51. The monoisotopic (exact) mass is 377 g/mol. The van der Waals surface area contributed by atoms with Gasteiger partial charge < -0.3 is 5.11 Å². The van der Waals surface area contributed by atoms with Crippen LogP contribution in [-0.4, -0.2) is 22.9 Å². The van der Waals surface area contributed by atoms with Gasteiger partial charge in [0, 0.05) is 22.8 Å². The average molecular weight is 379 g/mol. The topological polar surface area (TPSA) is 74.7 Å². The highest BCUT2D eigenvalue weighted by Crippen LogP contribution is 2.35. The van der Waals surface area contributed by atoms with E-state index in [1.54, 1.807) is 0 Å². The summed E-state index contributed by atoms with van der Waals surface area (Å²) in [5.41, 5.74) is 0.338. The Morgan fingerprint density at radius 3 is 1.72 bits per heavy atom. The summed E-state index contributed by atoms with van der Waals surface area (Å²) >= 11 is 6.33. The third-order valence-electron chi connectivity index (χ3n) is 2.12. The zero-order valence-corrected chi connectivity index (χ0v) is 12.7. The van der Waals surface area contributed by atoms with E-state index in [1.807, 2.05) is 0 Å². The quantitative estimate of drug-likeness (QED) is 0.858. The molecule has 1 aromatic rings. The number of carboxylic acids is 1. The van der Waals surface area contributed by atoms with E-state index in [-0.39, 0.29) is 5.56 Å². The van der Waals surface area contributed by atoms with E-state index in [4.69, 9.17) is 5.11 Å². The van der Waals surface area contributed by atoms with E-state index in [2.05, 4.69) is 31.9 Å². The maximum atomic E-state index is 11.5. The fourth-order valence-electron chi connectivity index (χ4n) is 1.44. The molecule has 0 aliphatic carbocycles. The minimum Gasteiger partial charge on any atom is -0.478 e. The van der Waals surface area contributed by atoms with Gasteiger partial charge in [-0.05, 0) is 44.0 Å². The first-order valence-electron chi connectivity index (χ1n) is 4.79. The van der Waals surface area contributed by atoms with Gasteiger partial charge >= 0.3 is 5.97 Å². The van der Waals surface area contributed by atoms with Gasteiger partial charge in [0.15, 0.2) is 0 Å². The molecule has 0 atom stereocenters. The lowest BCUT2D eigenvalue weighted by Gasteiger charge is -2.20. The third kappa shape index (κ3) is 2.97. The Morgan fingerprint density at radius 1 is 1.06 bits per heavy atom. The fourth-order valence-corrected chi connectivity index (χ4v) is 2.98. The largest absolute Gasteiger partial charge is 0.478 e. The van der Waals surface area contributed by atoms with Gasteiger partial charge in [-0.2, -0.15) is 0 Å². The highest BCUT2D eigenvalue weighted by atomic mass is 79.9. The van der Waals surface area contributed by atoms with Crippen molar-refractivity contribution in [2.75, 3.05) is 4.90 Å². The number of carbonyl (C=O) groups excluding carboxylic acids is 2. The fraction of sp³-hybridized carbons (Fsp3) is 0.182. The molecule has 0 aliphatic heterocycles. The van der Waals surface area contributed by atoms with Gasteiger partial charge in [-0.15, -0.1) is 0 Å². The van der Waals surface area contributed by atoms with Crippen molar-refractivity contribution in [3.8, 4) is 0 Å². The third-order valence-corrected chi connectivity index (χ3v) is 3.33. The van der Waals surface area contributed by atoms with Crippen molar-refractivity contribution >= 4 is 55.3 Å². The molecule has 0 aliphatic rings. The van der Waals surface area contributed by atoms with E-state index < -0.39 is 17.8 Å². The molecule has 5 nitrogen and oxygen atoms in total. The van der Waals surface area contributed by atoms with Gasteiger partial charge in [0.1, 0.15) is 0 Å². The molecule has 18 heavy (non-hydrogen) atoms. The average Bonchev–Trinajstić information content (AvgIpc) is 2.21. The number of anilines is 1. The van der Waals surface area contributed by atoms with Crippen molar-refractivity contribution in [1.29, 1.82) is 0 Å². The molecule has 1 rings (SSSR count). The van der Waals surface area contributed by atoms with Crippen LogP contribution in [0.5, 0.6) is 0 Å². The van der Waals surface area contributed by atoms with Crippen LogP contribution in [-0.2, 0) is 9.59 Å². The molecule has 0 bridgehead atoms. The van der Waals surface area contributed by atoms with E-state index in [0.717, 1.165) is 4.90 Å². The molecule has 7 heteroatoms. The van der Waals surface area contributed by atoms with E-state index in [0.29, 0.717) is 14.6 Å². The second kappa shape index (κ2) is 5.62. The van der Waals surface area contributed by atoms with Gasteiger partial charge in [0.25, 0.3) is 0 Å². The summed E-state index contributed by atoms with van der Waals surface area (Å²) in [5.74, 6) is -2.00. The van der Waals surface area contributed by atoms with Crippen molar-refractivity contribution in [3.05, 3.63) is 26.6 Å². The predicted molar refractivity (Wildman–Crippen MR) is 72.6 cm³/mol. The van der Waals surface area contributed by atoms with Gasteiger partial charge in [-0.3, -0.25) is 9.59 Å². The molecule has 1 aromatic carbocycles. The van der Waals surface area contributed by atoms with Crippen LogP contribution in [0.4, 0.5) is 5.69 Å². The number of rotatable bonds is 2. The van der Waals surface area contributed by atoms with Gasteiger partial charge in [-0.25, -0.2) is 9.69 Å². The number of benzene rings is 1. The van der Waals surface area contributed by atoms with E-state index in [9.17, 15) is 14.4 Å². The van der Waals surface area contributed by atoms with Gasteiger partial charge in [0.2, 0.25) is 11.8 Å². The van der Waals surface area contributed by atoms with Crippen molar-refractivity contribution in [2.45, 2.75) is 13.8 Å². The van der Waals surface area contributed by atoms with Crippen molar-refractivity contribution in [3.63, 3.8) is 0 Å². The molecule has 0 spiro atoms. The lowest BCUT2D eigenvalue weighted by atomic mass is 10.2. The van der Waals surface area contributed by atoms with Crippen LogP contribution >= 0.6 is 31.9 Å². The van der Waals surface area contributed by atoms with Crippen LogP contribution in [0.1, 0.15) is 24.2 Å². The van der Waals surface area contributed by atoms with Crippen molar-refractivity contribution < 1.29 is 19.5 Å². The Bertz CT molecular complexity index is 505. The maximum absolute atomic E-state index is 11.5. The second-order valence-corrected chi connectivity index (χ2v) is 5.18. The summed E-state index contributed by atoms with van der Waals surface area (Å²) < 4.78 is 0.694. The maximum Gasteiger partial charge on any atom is 0.335 e. The first kappa shape index (κ1) is 14.8. The van der Waals surface area contributed by atoms with Crippen LogP contribution in [0, 0.1) is 0 Å². The zero-order chi connectivity index (χ0) is 14.0. The smallest absolute Gasteiger partial charge is 0.335 e. The van der Waals surface area contributed by atoms with Crippen molar-refractivity contribution in [1.82, 2.24) is 0 Å². The molecule has 0 aromatic heterocycles. The number of nitrogens with zero attached hydrogens (tertiary/aromatic N) is 1. The first-order chi connectivity index (χ1) is 8.25. The van der Waals surface area contributed by atoms with Gasteiger partial charge in [0.05, 0.1) is 11.3 Å². The Morgan fingerprint density at radius 2 is 1.44 bits per heavy atom. The Kier molecular flexibility index (Phi) is 4.64. The number of carbonyl (C=O) groups is 3. The molecule has 0 heterocycles. The summed E-state index contributed by atoms with van der Waals surface area (Å²) in [6.07, 6.45) is 0. The summed E-state index contributed by atoms with van der Waals surface area (Å²) in [6, 6.07) is 2.67. The lowest BCUT2D eigenvalue weighted by Crippen LogP contribution is -2.33. The molecular weight excluding hydrogens is 370 g/mol. The molecule has 0 unspecified atom stereocenters. The first-order valence-corrected chi connectivity index (χ1v) is 6.38. The minimum absolute atomic E-state index is 0.0459. The SMILES string of the molecule is CC(=O)N(C(C)=O)c1c(Br)cc(C(=O)O)cc1Br. The number of halogens is 2. The molecule has 2 amide bonds. The molecular formula is C11H9Br2NO4. The number of aromatic carboxylic acids is 1. The molecule has 1 N–H and O–H groups in total. The lowest BCUT2D eigenvalue weighted by molar-refractivity contribution is -0.124. The Hall–Kier alpha value is -1.21. The molecule has 96 valence electrons. The zero-order valence-electron chi connectivity index (χ0n) is 9.53. The van der Waals surface area contributed by atoms with Gasteiger partial charge in [-0.1, -0.05) is 0 Å². The summed E-state index contributed by atoms with van der Waals surface area (Å²) in [7, 11) is 0. The highest BCUT2D eigenvalue weighted by Gasteiger charge is 2.23. The second-order valence-electron chi connectivity index (χ2n) is 3.47. The highest BCUT2D eigenvalue weighted by molar-refractivity contribution is 9.11. The van der Waals surface area contributed by atoms with Crippen LogP contribution in [0.2, 0.25) is 0 Å². The Labute approximate surface area is 120 Å². The van der Waals surface area contributed by atoms with Crippen molar-refractivity contribution in [2.24, 2.45) is 0 Å². The number of amides is 2. The van der Waals surface area contributed by atoms with Crippen LogP contribution < -0.4 is 4.90 Å². The summed E-state index contributed by atoms with van der Waals surface area (Å²) in [4.78, 5) is 34.7. The number of imide groups is 1.